The molecule has 7 heteroatoms. The van der Waals surface area contributed by atoms with E-state index in [4.69, 9.17) is 14.2 Å². The van der Waals surface area contributed by atoms with E-state index in [-0.39, 0.29) is 12.5 Å². The number of nitrogens with zero attached hydrogens (tertiary/aromatic N) is 1. The monoisotopic (exact) mass is 372 g/mol. The van der Waals surface area contributed by atoms with Gasteiger partial charge in [0.25, 0.3) is 0 Å². The summed E-state index contributed by atoms with van der Waals surface area (Å²) in [6.07, 6.45) is 0. The van der Waals surface area contributed by atoms with Gasteiger partial charge >= 0.3 is 5.97 Å². The van der Waals surface area contributed by atoms with Gasteiger partial charge in [0.2, 0.25) is 5.91 Å². The number of hydrogen-bond donors (Lipinski definition) is 1. The van der Waals surface area contributed by atoms with Crippen molar-refractivity contribution in [2.75, 3.05) is 40.2 Å². The van der Waals surface area contributed by atoms with Crippen LogP contribution in [0.4, 0.5) is 5.69 Å². The average Bonchev–Trinajstić information content (AvgIpc) is 2.67. The van der Waals surface area contributed by atoms with E-state index in [1.165, 1.54) is 7.11 Å². The Balaban J connectivity index is 2.02. The van der Waals surface area contributed by atoms with Crippen molar-refractivity contribution in [3.05, 3.63) is 53.6 Å². The number of para-hydroxylation sites is 1. The fourth-order valence-electron chi connectivity index (χ4n) is 2.64. The molecule has 2 rings (SSSR count). The van der Waals surface area contributed by atoms with Crippen LogP contribution in [-0.4, -0.2) is 51.7 Å². The number of methoxy groups -OCH3 is 3. The molecule has 0 aliphatic rings. The number of likely N-dealkylation sites (N-methyl/N-ethyl adjacent to an activating group) is 1. The van der Waals surface area contributed by atoms with Crippen molar-refractivity contribution in [2.24, 2.45) is 0 Å². The summed E-state index contributed by atoms with van der Waals surface area (Å²) in [6, 6.07) is 12.3. The van der Waals surface area contributed by atoms with Gasteiger partial charge in [-0.2, -0.15) is 0 Å². The Bertz CT molecular complexity index is 807. The molecule has 2 aromatic rings. The van der Waals surface area contributed by atoms with E-state index in [1.54, 1.807) is 44.6 Å². The number of amides is 1. The molecule has 0 saturated carbocycles. The summed E-state index contributed by atoms with van der Waals surface area (Å²) >= 11 is 0. The number of benzene rings is 2. The largest absolute Gasteiger partial charge is 0.497 e. The smallest absolute Gasteiger partial charge is 0.339 e. The molecule has 0 unspecified atom stereocenters. The molecule has 27 heavy (non-hydrogen) atoms. The molecule has 2 aromatic carbocycles. The van der Waals surface area contributed by atoms with Crippen molar-refractivity contribution >= 4 is 17.6 Å². The summed E-state index contributed by atoms with van der Waals surface area (Å²) in [5, 5.41) is 2.76. The Morgan fingerprint density at radius 3 is 2.44 bits per heavy atom. The molecular weight excluding hydrogens is 348 g/mol. The average molecular weight is 372 g/mol. The predicted octanol–water partition coefficient (Wildman–Crippen LogP) is 2.56. The molecular formula is C20H24N2O5. The molecule has 1 N–H and O–H groups in total. The number of rotatable bonds is 8. The fourth-order valence-corrected chi connectivity index (χ4v) is 2.64. The third kappa shape index (κ3) is 5.46. The highest BCUT2D eigenvalue weighted by Gasteiger charge is 2.15. The van der Waals surface area contributed by atoms with E-state index in [0.29, 0.717) is 29.3 Å². The quantitative estimate of drug-likeness (QED) is 0.718. The lowest BCUT2D eigenvalue weighted by atomic mass is 10.1. The number of ether oxygens (including phenoxy) is 3. The van der Waals surface area contributed by atoms with Gasteiger partial charge in [-0.3, -0.25) is 9.69 Å². The second-order valence-electron chi connectivity index (χ2n) is 5.94. The number of nitrogens with one attached hydrogen (secondary N) is 1. The minimum Gasteiger partial charge on any atom is -0.497 e. The second-order valence-corrected chi connectivity index (χ2v) is 5.94. The highest BCUT2D eigenvalue weighted by atomic mass is 16.5. The Labute approximate surface area is 158 Å². The first kappa shape index (κ1) is 20.3. The molecule has 0 fully saturated rings. The first-order valence-electron chi connectivity index (χ1n) is 8.35. The van der Waals surface area contributed by atoms with Crippen LogP contribution < -0.4 is 14.8 Å². The highest BCUT2D eigenvalue weighted by molar-refractivity contribution is 6.01. The molecule has 144 valence electrons. The van der Waals surface area contributed by atoms with Crippen molar-refractivity contribution in [2.45, 2.75) is 6.54 Å². The van der Waals surface area contributed by atoms with Crippen molar-refractivity contribution in [1.29, 1.82) is 0 Å². The van der Waals surface area contributed by atoms with Crippen molar-refractivity contribution < 1.29 is 23.8 Å². The van der Waals surface area contributed by atoms with E-state index >= 15 is 0 Å². The lowest BCUT2D eigenvalue weighted by Gasteiger charge is -2.19. The van der Waals surface area contributed by atoms with Gasteiger partial charge in [0, 0.05) is 18.2 Å². The zero-order valence-corrected chi connectivity index (χ0v) is 15.9. The molecule has 0 radical (unpaired) electrons. The van der Waals surface area contributed by atoms with Crippen molar-refractivity contribution in [3.63, 3.8) is 0 Å². The lowest BCUT2D eigenvalue weighted by Crippen LogP contribution is -2.30. The Morgan fingerprint density at radius 1 is 1.04 bits per heavy atom. The zero-order chi connectivity index (χ0) is 19.8. The number of hydrogen-bond acceptors (Lipinski definition) is 6. The molecule has 0 bridgehead atoms. The normalized spacial score (nSPS) is 10.4. The van der Waals surface area contributed by atoms with Gasteiger partial charge in [-0.25, -0.2) is 4.79 Å². The Kier molecular flexibility index (Phi) is 7.19. The van der Waals surface area contributed by atoms with Gasteiger partial charge in [0.15, 0.2) is 0 Å². The number of carbonyl (C=O) groups excluding carboxylic acids is 2. The molecule has 0 saturated heterocycles. The summed E-state index contributed by atoms with van der Waals surface area (Å²) in [7, 11) is 6.32. The first-order valence-corrected chi connectivity index (χ1v) is 8.35. The molecule has 0 heterocycles. The van der Waals surface area contributed by atoms with E-state index in [2.05, 4.69) is 5.32 Å². The molecule has 0 spiro atoms. The van der Waals surface area contributed by atoms with Gasteiger partial charge in [-0.05, 0) is 25.2 Å². The summed E-state index contributed by atoms with van der Waals surface area (Å²) in [6.45, 7) is 0.657. The van der Waals surface area contributed by atoms with E-state index in [0.717, 1.165) is 5.56 Å². The summed E-state index contributed by atoms with van der Waals surface area (Å²) in [4.78, 5) is 26.0. The first-order chi connectivity index (χ1) is 13.0. The maximum absolute atomic E-state index is 12.4. The van der Waals surface area contributed by atoms with Gasteiger partial charge in [-0.15, -0.1) is 0 Å². The number of anilines is 1. The third-order valence-corrected chi connectivity index (χ3v) is 3.95. The maximum atomic E-state index is 12.4. The van der Waals surface area contributed by atoms with Crippen LogP contribution in [0.3, 0.4) is 0 Å². The SMILES string of the molecule is COC(=O)c1ccccc1NC(=O)CN(C)Cc1ccc(OC)cc1OC. The number of esters is 1. The predicted molar refractivity (Wildman–Crippen MR) is 102 cm³/mol. The van der Waals surface area contributed by atoms with Gasteiger partial charge in [-0.1, -0.05) is 18.2 Å². The summed E-state index contributed by atoms with van der Waals surface area (Å²) in [5.41, 5.74) is 1.67. The van der Waals surface area contributed by atoms with Crippen LogP contribution in [0.2, 0.25) is 0 Å². The third-order valence-electron chi connectivity index (χ3n) is 3.95. The zero-order valence-electron chi connectivity index (χ0n) is 15.9. The van der Waals surface area contributed by atoms with Crippen molar-refractivity contribution in [1.82, 2.24) is 4.90 Å². The van der Waals surface area contributed by atoms with Crippen LogP contribution in [0.1, 0.15) is 15.9 Å². The lowest BCUT2D eigenvalue weighted by molar-refractivity contribution is -0.117. The highest BCUT2D eigenvalue weighted by Crippen LogP contribution is 2.25. The van der Waals surface area contributed by atoms with Crippen LogP contribution in [-0.2, 0) is 16.1 Å². The molecule has 1 amide bonds. The number of carbonyl (C=O) groups is 2. The van der Waals surface area contributed by atoms with Crippen LogP contribution in [0.15, 0.2) is 42.5 Å². The van der Waals surface area contributed by atoms with Crippen LogP contribution in [0.25, 0.3) is 0 Å². The molecule has 0 aromatic heterocycles. The maximum Gasteiger partial charge on any atom is 0.339 e. The van der Waals surface area contributed by atoms with E-state index in [9.17, 15) is 9.59 Å². The molecule has 0 atom stereocenters. The Morgan fingerprint density at radius 2 is 1.78 bits per heavy atom. The van der Waals surface area contributed by atoms with Gasteiger partial charge in [0.05, 0.1) is 39.1 Å². The standard InChI is InChI=1S/C20H24N2O5/c1-22(12-14-9-10-15(25-2)11-18(14)26-3)13-19(23)21-17-8-6-5-7-16(17)20(24)27-4/h5-11H,12-13H2,1-4H3,(H,21,23). The van der Waals surface area contributed by atoms with Crippen LogP contribution in [0.5, 0.6) is 11.5 Å². The molecule has 0 aliphatic carbocycles. The minimum absolute atomic E-state index is 0.144. The van der Waals surface area contributed by atoms with Gasteiger partial charge in [0.1, 0.15) is 11.5 Å². The second kappa shape index (κ2) is 9.59. The topological polar surface area (TPSA) is 77.1 Å². The van der Waals surface area contributed by atoms with Gasteiger partial charge < -0.3 is 19.5 Å². The minimum atomic E-state index is -0.498. The molecule has 7 nitrogen and oxygen atoms in total. The summed E-state index contributed by atoms with van der Waals surface area (Å²) < 4.78 is 15.3. The van der Waals surface area contributed by atoms with E-state index in [1.807, 2.05) is 24.1 Å². The summed E-state index contributed by atoms with van der Waals surface area (Å²) in [5.74, 6) is 0.664. The van der Waals surface area contributed by atoms with E-state index < -0.39 is 5.97 Å². The molecule has 0 aliphatic heterocycles. The van der Waals surface area contributed by atoms with Crippen molar-refractivity contribution in [3.8, 4) is 11.5 Å². The fraction of sp³-hybridized carbons (Fsp3) is 0.300. The van der Waals surface area contributed by atoms with Crippen LogP contribution >= 0.6 is 0 Å². The Hall–Kier alpha value is -3.06. The van der Waals surface area contributed by atoms with Crippen LogP contribution in [0, 0.1) is 0 Å².